The van der Waals surface area contributed by atoms with Crippen LogP contribution in [-0.4, -0.2) is 29.3 Å². The molecule has 6 nitrogen and oxygen atoms in total. The number of hydrogen-bond donors (Lipinski definition) is 1. The maximum absolute atomic E-state index is 13.2. The summed E-state index contributed by atoms with van der Waals surface area (Å²) >= 11 is 18.7. The number of aryl methyl sites for hydroxylation is 2. The minimum atomic E-state index is -0.384. The molecule has 3 aromatic carbocycles. The number of thioether (sulfide) groups is 1. The van der Waals surface area contributed by atoms with E-state index >= 15 is 0 Å². The van der Waals surface area contributed by atoms with Crippen molar-refractivity contribution in [3.05, 3.63) is 86.2 Å². The van der Waals surface area contributed by atoms with Crippen LogP contribution in [0.15, 0.2) is 59.5 Å². The molecule has 0 aromatic heterocycles. The van der Waals surface area contributed by atoms with Crippen molar-refractivity contribution >= 4 is 80.8 Å². The van der Waals surface area contributed by atoms with Gasteiger partial charge >= 0.3 is 0 Å². The van der Waals surface area contributed by atoms with Crippen molar-refractivity contribution in [1.82, 2.24) is 0 Å². The molecule has 1 fully saturated rings. The second kappa shape index (κ2) is 12.2. The number of carbonyl (C=O) groups is 2. The molecular formula is C28H24Cl2N2O4S2. The lowest BCUT2D eigenvalue weighted by Crippen LogP contribution is -2.28. The van der Waals surface area contributed by atoms with Crippen molar-refractivity contribution < 1.29 is 19.1 Å². The van der Waals surface area contributed by atoms with Crippen LogP contribution in [0.1, 0.15) is 23.6 Å². The third-order valence-electron chi connectivity index (χ3n) is 5.46. The Morgan fingerprint density at radius 3 is 2.45 bits per heavy atom. The molecule has 3 aromatic rings. The third kappa shape index (κ3) is 6.69. The Hall–Kier alpha value is -3.04. The number of anilines is 2. The Morgan fingerprint density at radius 1 is 1.03 bits per heavy atom. The third-order valence-corrected chi connectivity index (χ3v) is 7.20. The summed E-state index contributed by atoms with van der Waals surface area (Å²) in [6.07, 6.45) is 1.77. The topological polar surface area (TPSA) is 67.9 Å². The fourth-order valence-corrected chi connectivity index (χ4v) is 5.66. The van der Waals surface area contributed by atoms with Gasteiger partial charge in [0.25, 0.3) is 11.8 Å². The standard InChI is InChI=1S/C28H24Cl2N2O4S2/c1-4-35-24-10-18(6-8-23(24)36-15-26(33)31-21-13-19(29)12-20(30)14-21)11-25-27(34)32(28(37)38-25)22-7-5-16(2)9-17(22)3/h5-14H,4,15H2,1-3H3,(H,31,33)/b25-11-. The molecule has 0 spiro atoms. The highest BCUT2D eigenvalue weighted by Gasteiger charge is 2.34. The number of amides is 2. The van der Waals surface area contributed by atoms with E-state index in [1.54, 1.807) is 47.4 Å². The molecule has 1 saturated heterocycles. The van der Waals surface area contributed by atoms with E-state index in [0.717, 1.165) is 22.4 Å². The summed E-state index contributed by atoms with van der Waals surface area (Å²) in [4.78, 5) is 27.7. The second-order valence-electron chi connectivity index (χ2n) is 8.44. The van der Waals surface area contributed by atoms with Crippen LogP contribution in [0.25, 0.3) is 6.08 Å². The van der Waals surface area contributed by atoms with E-state index in [0.29, 0.717) is 43.1 Å². The molecule has 0 aliphatic carbocycles. The highest BCUT2D eigenvalue weighted by atomic mass is 35.5. The summed E-state index contributed by atoms with van der Waals surface area (Å²) in [5.74, 6) is 0.281. The van der Waals surface area contributed by atoms with E-state index in [4.69, 9.17) is 44.9 Å². The molecule has 0 atom stereocenters. The monoisotopic (exact) mass is 586 g/mol. The van der Waals surface area contributed by atoms with Crippen molar-refractivity contribution in [3.8, 4) is 11.5 Å². The minimum absolute atomic E-state index is 0.178. The van der Waals surface area contributed by atoms with Crippen molar-refractivity contribution in [2.45, 2.75) is 20.8 Å². The van der Waals surface area contributed by atoms with E-state index in [9.17, 15) is 9.59 Å². The zero-order valence-electron chi connectivity index (χ0n) is 20.8. The van der Waals surface area contributed by atoms with Gasteiger partial charge in [0.05, 0.1) is 17.2 Å². The van der Waals surface area contributed by atoms with Gasteiger partial charge in [-0.3, -0.25) is 14.5 Å². The molecule has 0 bridgehead atoms. The number of rotatable bonds is 8. The van der Waals surface area contributed by atoms with Gasteiger partial charge in [-0.2, -0.15) is 0 Å². The highest BCUT2D eigenvalue weighted by Crippen LogP contribution is 2.38. The predicted molar refractivity (Wildman–Crippen MR) is 160 cm³/mol. The Balaban J connectivity index is 1.49. The fourth-order valence-electron chi connectivity index (χ4n) is 3.85. The summed E-state index contributed by atoms with van der Waals surface area (Å²) < 4.78 is 11.9. The van der Waals surface area contributed by atoms with Gasteiger partial charge in [-0.15, -0.1) is 0 Å². The number of hydrogen-bond acceptors (Lipinski definition) is 6. The number of halogens is 2. The van der Waals surface area contributed by atoms with Crippen LogP contribution >= 0.6 is 47.2 Å². The van der Waals surface area contributed by atoms with Crippen LogP contribution in [0, 0.1) is 13.8 Å². The van der Waals surface area contributed by atoms with Crippen molar-refractivity contribution in [2.24, 2.45) is 0 Å². The average molecular weight is 588 g/mol. The fraction of sp³-hybridized carbons (Fsp3) is 0.179. The van der Waals surface area contributed by atoms with Crippen molar-refractivity contribution in [3.63, 3.8) is 0 Å². The SMILES string of the molecule is CCOc1cc(/C=C2\SC(=S)N(c3ccc(C)cc3C)C2=O)ccc1OCC(=O)Nc1cc(Cl)cc(Cl)c1. The number of carbonyl (C=O) groups excluding carboxylic acids is 2. The smallest absolute Gasteiger partial charge is 0.270 e. The van der Waals surface area contributed by atoms with Crippen molar-refractivity contribution in [2.75, 3.05) is 23.4 Å². The molecule has 1 aliphatic rings. The first-order chi connectivity index (χ1) is 18.1. The number of thiocarbonyl (C=S) groups is 1. The summed E-state index contributed by atoms with van der Waals surface area (Å²) in [5.41, 5.74) is 4.07. The van der Waals surface area contributed by atoms with Gasteiger partial charge in [0.2, 0.25) is 0 Å². The number of nitrogens with one attached hydrogen (secondary N) is 1. The van der Waals surface area contributed by atoms with E-state index in [2.05, 4.69) is 5.32 Å². The Morgan fingerprint density at radius 2 is 1.76 bits per heavy atom. The van der Waals surface area contributed by atoms with Gasteiger partial charge in [0.1, 0.15) is 0 Å². The molecular weight excluding hydrogens is 563 g/mol. The lowest BCUT2D eigenvalue weighted by molar-refractivity contribution is -0.118. The molecule has 10 heteroatoms. The predicted octanol–water partition coefficient (Wildman–Crippen LogP) is 7.43. The number of ether oxygens (including phenoxy) is 2. The maximum atomic E-state index is 13.2. The molecule has 2 amide bonds. The zero-order valence-corrected chi connectivity index (χ0v) is 24.0. The first-order valence-corrected chi connectivity index (χ1v) is 13.6. The van der Waals surface area contributed by atoms with Gasteiger partial charge in [-0.1, -0.05) is 70.9 Å². The van der Waals surface area contributed by atoms with E-state index in [-0.39, 0.29) is 18.4 Å². The van der Waals surface area contributed by atoms with Crippen LogP contribution in [0.2, 0.25) is 10.0 Å². The largest absolute Gasteiger partial charge is 0.490 e. The summed E-state index contributed by atoms with van der Waals surface area (Å²) in [5, 5.41) is 3.52. The highest BCUT2D eigenvalue weighted by molar-refractivity contribution is 8.27. The van der Waals surface area contributed by atoms with Crippen LogP contribution in [0.3, 0.4) is 0 Å². The molecule has 4 rings (SSSR count). The lowest BCUT2D eigenvalue weighted by atomic mass is 10.1. The van der Waals surface area contributed by atoms with E-state index < -0.39 is 0 Å². The molecule has 196 valence electrons. The lowest BCUT2D eigenvalue weighted by Gasteiger charge is -2.17. The molecule has 1 aliphatic heterocycles. The molecule has 38 heavy (non-hydrogen) atoms. The first kappa shape index (κ1) is 28.0. The molecule has 0 radical (unpaired) electrons. The van der Waals surface area contributed by atoms with Gasteiger partial charge in [-0.05, 0) is 74.4 Å². The van der Waals surface area contributed by atoms with Gasteiger partial charge in [-0.25, -0.2) is 0 Å². The van der Waals surface area contributed by atoms with Crippen LogP contribution in [-0.2, 0) is 9.59 Å². The van der Waals surface area contributed by atoms with Crippen LogP contribution in [0.5, 0.6) is 11.5 Å². The van der Waals surface area contributed by atoms with E-state index in [1.165, 1.54) is 11.8 Å². The summed E-state index contributed by atoms with van der Waals surface area (Å²) in [7, 11) is 0. The quantitative estimate of drug-likeness (QED) is 0.218. The molecule has 0 saturated carbocycles. The summed E-state index contributed by atoms with van der Waals surface area (Å²) in [6, 6.07) is 15.9. The Labute approximate surface area is 240 Å². The summed E-state index contributed by atoms with van der Waals surface area (Å²) in [6.45, 7) is 5.95. The minimum Gasteiger partial charge on any atom is -0.490 e. The molecule has 1 heterocycles. The van der Waals surface area contributed by atoms with Gasteiger partial charge in [0, 0.05) is 15.7 Å². The zero-order chi connectivity index (χ0) is 27.4. The van der Waals surface area contributed by atoms with Crippen LogP contribution in [0.4, 0.5) is 11.4 Å². The normalized spacial score (nSPS) is 14.2. The molecule has 0 unspecified atom stereocenters. The average Bonchev–Trinajstić information content (AvgIpc) is 3.11. The Kier molecular flexibility index (Phi) is 8.99. The number of benzene rings is 3. The maximum Gasteiger partial charge on any atom is 0.270 e. The Bertz CT molecular complexity index is 1440. The second-order valence-corrected chi connectivity index (χ2v) is 11.0. The number of nitrogens with zero attached hydrogens (tertiary/aromatic N) is 1. The van der Waals surface area contributed by atoms with Gasteiger partial charge < -0.3 is 14.8 Å². The van der Waals surface area contributed by atoms with Crippen molar-refractivity contribution in [1.29, 1.82) is 0 Å². The van der Waals surface area contributed by atoms with Crippen LogP contribution < -0.4 is 19.7 Å². The van der Waals surface area contributed by atoms with E-state index in [1.807, 2.05) is 39.0 Å². The van der Waals surface area contributed by atoms with Gasteiger partial charge in [0.15, 0.2) is 22.4 Å². The first-order valence-electron chi connectivity index (χ1n) is 11.7. The molecule has 1 N–H and O–H groups in total.